The first-order valence-corrected chi connectivity index (χ1v) is 9.26. The number of thiophene rings is 1. The largest absolute Gasteiger partial charge is 0.494 e. The highest BCUT2D eigenvalue weighted by Gasteiger charge is 2.12. The monoisotopic (exact) mass is 377 g/mol. The van der Waals surface area contributed by atoms with Gasteiger partial charge in [0.25, 0.3) is 0 Å². The Morgan fingerprint density at radius 3 is 2.85 bits per heavy atom. The van der Waals surface area contributed by atoms with E-state index in [9.17, 15) is 5.11 Å². The highest BCUT2D eigenvalue weighted by atomic mass is 35.5. The van der Waals surface area contributed by atoms with Crippen molar-refractivity contribution in [2.45, 2.75) is 0 Å². The molecule has 0 aliphatic carbocycles. The van der Waals surface area contributed by atoms with E-state index in [0.717, 1.165) is 37.9 Å². The topological polar surface area (TPSA) is 60.7 Å². The van der Waals surface area contributed by atoms with Crippen molar-refractivity contribution in [1.29, 1.82) is 0 Å². The van der Waals surface area contributed by atoms with E-state index in [-0.39, 0.29) is 5.88 Å². The fraction of sp³-hybridized carbons (Fsp3) is 0. The van der Waals surface area contributed by atoms with Crippen molar-refractivity contribution in [2.24, 2.45) is 9.98 Å². The van der Waals surface area contributed by atoms with Crippen molar-refractivity contribution in [3.8, 4) is 5.88 Å². The van der Waals surface area contributed by atoms with Crippen LogP contribution in [0.1, 0.15) is 10.4 Å². The SMILES string of the molecule is Oc1[nH]c2ccc(Cl)cc2c1/C=c1/ccc2c(c1)N=C(c1cccs1)N=2. The summed E-state index contributed by atoms with van der Waals surface area (Å²) in [6.45, 7) is 0. The lowest BCUT2D eigenvalue weighted by Gasteiger charge is -1.95. The van der Waals surface area contributed by atoms with E-state index < -0.39 is 0 Å². The Kier molecular flexibility index (Phi) is 3.45. The van der Waals surface area contributed by atoms with Gasteiger partial charge in [-0.25, -0.2) is 9.98 Å². The molecule has 0 amide bonds. The van der Waals surface area contributed by atoms with Gasteiger partial charge in [0.2, 0.25) is 0 Å². The number of hydrogen-bond donors (Lipinski definition) is 2. The first kappa shape index (κ1) is 15.4. The molecule has 2 aromatic heterocycles. The van der Waals surface area contributed by atoms with Crippen LogP contribution in [0.15, 0.2) is 63.9 Å². The second kappa shape index (κ2) is 5.83. The van der Waals surface area contributed by atoms with Crippen LogP contribution in [0.5, 0.6) is 5.88 Å². The highest BCUT2D eigenvalue weighted by Crippen LogP contribution is 2.30. The summed E-state index contributed by atoms with van der Waals surface area (Å²) in [6, 6.07) is 15.4. The van der Waals surface area contributed by atoms with Gasteiger partial charge in [0.05, 0.1) is 15.9 Å². The van der Waals surface area contributed by atoms with Gasteiger partial charge in [-0.2, -0.15) is 0 Å². The molecule has 0 atom stereocenters. The molecule has 0 saturated heterocycles. The molecule has 6 heteroatoms. The summed E-state index contributed by atoms with van der Waals surface area (Å²) in [6.07, 6.45) is 1.92. The average Bonchev–Trinajstić information content (AvgIpc) is 3.34. The van der Waals surface area contributed by atoms with Gasteiger partial charge in [-0.15, -0.1) is 11.3 Å². The van der Waals surface area contributed by atoms with Crippen LogP contribution in [0.4, 0.5) is 5.69 Å². The van der Waals surface area contributed by atoms with Crippen molar-refractivity contribution in [1.82, 2.24) is 4.98 Å². The molecule has 3 heterocycles. The minimum absolute atomic E-state index is 0.121. The third kappa shape index (κ3) is 2.53. The van der Waals surface area contributed by atoms with Gasteiger partial charge >= 0.3 is 0 Å². The number of H-pyrrole nitrogens is 1. The van der Waals surface area contributed by atoms with Gasteiger partial charge in [0.1, 0.15) is 0 Å². The fourth-order valence-corrected chi connectivity index (χ4v) is 3.90. The number of nitrogens with zero attached hydrogens (tertiary/aromatic N) is 2. The number of nitrogens with one attached hydrogen (secondary N) is 1. The predicted octanol–water partition coefficient (Wildman–Crippen LogP) is 4.13. The summed E-state index contributed by atoms with van der Waals surface area (Å²) < 4.78 is 0. The molecule has 0 radical (unpaired) electrons. The van der Waals surface area contributed by atoms with Crippen LogP contribution in [0.25, 0.3) is 17.0 Å². The number of amidine groups is 1. The molecular weight excluding hydrogens is 366 g/mol. The van der Waals surface area contributed by atoms with E-state index in [0.29, 0.717) is 10.6 Å². The first-order valence-electron chi connectivity index (χ1n) is 8.01. The maximum absolute atomic E-state index is 10.3. The zero-order chi connectivity index (χ0) is 17.7. The Bertz CT molecular complexity index is 1300. The molecule has 4 aromatic rings. The lowest BCUT2D eigenvalue weighted by molar-refractivity contribution is 0.457. The Morgan fingerprint density at radius 2 is 2.00 bits per heavy atom. The summed E-state index contributed by atoms with van der Waals surface area (Å²) in [5.41, 5.74) is 2.38. The Morgan fingerprint density at radius 1 is 1.08 bits per heavy atom. The van der Waals surface area contributed by atoms with Gasteiger partial charge < -0.3 is 10.1 Å². The van der Waals surface area contributed by atoms with E-state index in [1.165, 1.54) is 0 Å². The van der Waals surface area contributed by atoms with Crippen LogP contribution in [-0.2, 0) is 0 Å². The van der Waals surface area contributed by atoms with E-state index in [1.54, 1.807) is 17.4 Å². The Hall–Kier alpha value is -2.89. The number of halogens is 1. The summed E-state index contributed by atoms with van der Waals surface area (Å²) in [7, 11) is 0. The zero-order valence-corrected chi connectivity index (χ0v) is 15.0. The normalized spacial score (nSPS) is 13.7. The van der Waals surface area contributed by atoms with Crippen LogP contribution in [0, 0.1) is 0 Å². The van der Waals surface area contributed by atoms with Crippen molar-refractivity contribution in [3.63, 3.8) is 0 Å². The molecule has 0 fully saturated rings. The van der Waals surface area contributed by atoms with E-state index in [4.69, 9.17) is 11.6 Å². The molecule has 4 nitrogen and oxygen atoms in total. The van der Waals surface area contributed by atoms with Gasteiger partial charge in [-0.05, 0) is 53.1 Å². The highest BCUT2D eigenvalue weighted by molar-refractivity contribution is 7.12. The predicted molar refractivity (Wildman–Crippen MR) is 106 cm³/mol. The van der Waals surface area contributed by atoms with Crippen molar-refractivity contribution in [2.75, 3.05) is 0 Å². The Balaban J connectivity index is 1.64. The minimum atomic E-state index is 0.121. The Labute approximate surface area is 157 Å². The van der Waals surface area contributed by atoms with Crippen LogP contribution in [0.2, 0.25) is 5.02 Å². The number of benzene rings is 2. The first-order chi connectivity index (χ1) is 12.7. The summed E-state index contributed by atoms with van der Waals surface area (Å²) in [5.74, 6) is 0.865. The number of aromatic nitrogens is 1. The number of aromatic amines is 1. The summed E-state index contributed by atoms with van der Waals surface area (Å²) in [4.78, 5) is 13.2. The number of hydrogen-bond acceptors (Lipinski definition) is 4. The molecule has 2 N–H and O–H groups in total. The van der Waals surface area contributed by atoms with Crippen molar-refractivity contribution < 1.29 is 5.11 Å². The molecule has 0 unspecified atom stereocenters. The standard InChI is InChI=1S/C20H12ClN3OS/c21-12-4-6-15-13(10-12)14(20(25)24-15)8-11-3-5-16-17(9-11)23-19(22-16)18-2-1-7-26-18/h1-10,24-25H/b11-8-. The second-order valence-corrected chi connectivity index (χ2v) is 7.38. The molecule has 0 bridgehead atoms. The lowest BCUT2D eigenvalue weighted by atomic mass is 10.1. The average molecular weight is 378 g/mol. The van der Waals surface area contributed by atoms with E-state index >= 15 is 0 Å². The second-order valence-electron chi connectivity index (χ2n) is 5.99. The minimum Gasteiger partial charge on any atom is -0.494 e. The molecule has 1 aliphatic heterocycles. The molecule has 126 valence electrons. The summed E-state index contributed by atoms with van der Waals surface area (Å²) >= 11 is 7.73. The van der Waals surface area contributed by atoms with Crippen LogP contribution < -0.4 is 10.6 Å². The number of rotatable bonds is 2. The van der Waals surface area contributed by atoms with Crippen LogP contribution in [-0.4, -0.2) is 15.9 Å². The molecule has 5 rings (SSSR count). The van der Waals surface area contributed by atoms with E-state index in [2.05, 4.69) is 15.0 Å². The molecule has 1 aliphatic rings. The van der Waals surface area contributed by atoms with Gasteiger partial charge in [0.15, 0.2) is 11.7 Å². The van der Waals surface area contributed by atoms with Gasteiger partial charge in [-0.1, -0.05) is 23.7 Å². The van der Waals surface area contributed by atoms with Crippen molar-refractivity contribution >= 4 is 51.4 Å². The quantitative estimate of drug-likeness (QED) is 0.542. The molecule has 0 saturated carbocycles. The third-order valence-electron chi connectivity index (χ3n) is 4.28. The molecule has 26 heavy (non-hydrogen) atoms. The van der Waals surface area contributed by atoms with Gasteiger partial charge in [-0.3, -0.25) is 0 Å². The van der Waals surface area contributed by atoms with Crippen LogP contribution in [0.3, 0.4) is 0 Å². The number of aromatic hydroxyl groups is 1. The van der Waals surface area contributed by atoms with Gasteiger partial charge in [0, 0.05) is 21.5 Å². The molecule has 2 aromatic carbocycles. The maximum atomic E-state index is 10.3. The van der Waals surface area contributed by atoms with E-state index in [1.807, 2.05) is 53.9 Å². The number of fused-ring (bicyclic) bond motifs is 2. The zero-order valence-electron chi connectivity index (χ0n) is 13.4. The maximum Gasteiger partial charge on any atom is 0.196 e. The van der Waals surface area contributed by atoms with Crippen molar-refractivity contribution in [3.05, 3.63) is 80.0 Å². The molecular formula is C20H12ClN3OS. The van der Waals surface area contributed by atoms with Crippen LogP contribution >= 0.6 is 22.9 Å². The molecule has 0 spiro atoms. The lowest BCUT2D eigenvalue weighted by Crippen LogP contribution is -2.07. The summed E-state index contributed by atoms with van der Waals surface area (Å²) in [5, 5.41) is 15.6. The number of aliphatic imine (C=N–C) groups is 1. The smallest absolute Gasteiger partial charge is 0.196 e. The fourth-order valence-electron chi connectivity index (χ4n) is 3.07. The third-order valence-corrected chi connectivity index (χ3v) is 5.39.